The molecule has 3 rings (SSSR count). The Kier molecular flexibility index (Phi) is 3.42. The van der Waals surface area contributed by atoms with Crippen LogP contribution in [0.4, 0.5) is 0 Å². The van der Waals surface area contributed by atoms with Crippen LogP contribution in [0.15, 0.2) is 0 Å². The number of rotatable bonds is 4. The lowest BCUT2D eigenvalue weighted by Gasteiger charge is -2.37. The molecule has 0 aromatic carbocycles. The molecule has 0 unspecified atom stereocenters. The molecular weight excluding hydrogens is 210 g/mol. The molecule has 0 atom stereocenters. The van der Waals surface area contributed by atoms with Gasteiger partial charge in [0.1, 0.15) is 0 Å². The molecule has 0 aromatic heterocycles. The van der Waals surface area contributed by atoms with Crippen molar-refractivity contribution >= 4 is 0 Å². The van der Waals surface area contributed by atoms with Gasteiger partial charge in [-0.15, -0.1) is 0 Å². The molecule has 3 fully saturated rings. The monoisotopic (exact) mass is 237 g/mol. The van der Waals surface area contributed by atoms with Crippen LogP contribution in [-0.4, -0.2) is 54.6 Å². The second-order valence-corrected chi connectivity index (χ2v) is 6.59. The Bertz CT molecular complexity index is 248. The minimum atomic E-state index is 0.202. The fourth-order valence-electron chi connectivity index (χ4n) is 3.45. The summed E-state index contributed by atoms with van der Waals surface area (Å²) >= 11 is 0. The van der Waals surface area contributed by atoms with Gasteiger partial charge in [0.25, 0.3) is 0 Å². The maximum Gasteiger partial charge on any atom is 0.0284 e. The first-order valence-corrected chi connectivity index (χ1v) is 7.47. The molecule has 0 aromatic rings. The second kappa shape index (κ2) is 4.87. The summed E-state index contributed by atoms with van der Waals surface area (Å²) in [5, 5.41) is 0. The molecule has 0 amide bonds. The summed E-state index contributed by atoms with van der Waals surface area (Å²) in [7, 11) is 0. The van der Waals surface area contributed by atoms with E-state index in [-0.39, 0.29) is 5.54 Å². The molecule has 3 aliphatic rings. The van der Waals surface area contributed by atoms with E-state index in [1.165, 1.54) is 71.2 Å². The summed E-state index contributed by atoms with van der Waals surface area (Å²) in [6.07, 6.45) is 8.39. The van der Waals surface area contributed by atoms with Crippen molar-refractivity contribution in [3.63, 3.8) is 0 Å². The molecule has 0 bridgehead atoms. The zero-order chi connectivity index (χ0) is 11.7. The van der Waals surface area contributed by atoms with Crippen LogP contribution in [-0.2, 0) is 0 Å². The SMILES string of the molecule is NC1(CN2CCN(CC3CCCC3)CC2)CC1. The number of hydrogen-bond acceptors (Lipinski definition) is 3. The topological polar surface area (TPSA) is 32.5 Å². The minimum Gasteiger partial charge on any atom is -0.324 e. The molecule has 2 aliphatic carbocycles. The standard InChI is InChI=1S/C14H27N3/c15-14(5-6-14)12-17-9-7-16(8-10-17)11-13-3-1-2-4-13/h13H,1-12,15H2. The average Bonchev–Trinajstić information content (AvgIpc) is 2.84. The van der Waals surface area contributed by atoms with Gasteiger partial charge in [-0.05, 0) is 31.6 Å². The Labute approximate surface area is 105 Å². The predicted molar refractivity (Wildman–Crippen MR) is 71.0 cm³/mol. The first-order valence-electron chi connectivity index (χ1n) is 7.47. The van der Waals surface area contributed by atoms with Gasteiger partial charge in [-0.3, -0.25) is 4.90 Å². The van der Waals surface area contributed by atoms with Crippen LogP contribution in [0.1, 0.15) is 38.5 Å². The molecule has 3 heteroatoms. The smallest absolute Gasteiger partial charge is 0.0284 e. The van der Waals surface area contributed by atoms with Crippen LogP contribution >= 0.6 is 0 Å². The zero-order valence-corrected chi connectivity index (χ0v) is 11.0. The van der Waals surface area contributed by atoms with Crippen LogP contribution < -0.4 is 5.73 Å². The quantitative estimate of drug-likeness (QED) is 0.799. The van der Waals surface area contributed by atoms with Crippen molar-refractivity contribution in [3.05, 3.63) is 0 Å². The van der Waals surface area contributed by atoms with E-state index in [9.17, 15) is 0 Å². The van der Waals surface area contributed by atoms with E-state index in [1.807, 2.05) is 0 Å². The predicted octanol–water partition coefficient (Wildman–Crippen LogP) is 1.29. The summed E-state index contributed by atoms with van der Waals surface area (Å²) in [6.45, 7) is 7.53. The lowest BCUT2D eigenvalue weighted by molar-refractivity contribution is 0.112. The molecule has 1 heterocycles. The minimum absolute atomic E-state index is 0.202. The van der Waals surface area contributed by atoms with Gasteiger partial charge >= 0.3 is 0 Å². The van der Waals surface area contributed by atoms with E-state index in [0.717, 1.165) is 12.5 Å². The molecule has 2 saturated carbocycles. The maximum atomic E-state index is 6.19. The molecule has 98 valence electrons. The van der Waals surface area contributed by atoms with Crippen molar-refractivity contribution in [2.24, 2.45) is 11.7 Å². The van der Waals surface area contributed by atoms with Gasteiger partial charge < -0.3 is 10.6 Å². The van der Waals surface area contributed by atoms with Crippen molar-refractivity contribution in [2.75, 3.05) is 39.3 Å². The van der Waals surface area contributed by atoms with Crippen molar-refractivity contribution in [3.8, 4) is 0 Å². The molecule has 0 spiro atoms. The summed E-state index contributed by atoms with van der Waals surface area (Å²) in [4.78, 5) is 5.26. The molecule has 0 radical (unpaired) electrons. The van der Waals surface area contributed by atoms with Gasteiger partial charge in [0.2, 0.25) is 0 Å². The fraction of sp³-hybridized carbons (Fsp3) is 1.00. The highest BCUT2D eigenvalue weighted by Gasteiger charge is 2.40. The van der Waals surface area contributed by atoms with Crippen molar-refractivity contribution in [2.45, 2.75) is 44.1 Å². The van der Waals surface area contributed by atoms with Gasteiger partial charge in [0, 0.05) is 44.8 Å². The Morgan fingerprint density at radius 3 is 2.12 bits per heavy atom. The third-order valence-corrected chi connectivity index (χ3v) is 4.89. The van der Waals surface area contributed by atoms with Gasteiger partial charge in [0.05, 0.1) is 0 Å². The van der Waals surface area contributed by atoms with Crippen LogP contribution in [0.3, 0.4) is 0 Å². The van der Waals surface area contributed by atoms with Crippen molar-refractivity contribution in [1.29, 1.82) is 0 Å². The summed E-state index contributed by atoms with van der Waals surface area (Å²) in [6, 6.07) is 0. The Balaban J connectivity index is 1.37. The molecule has 3 nitrogen and oxygen atoms in total. The molecular formula is C14H27N3. The van der Waals surface area contributed by atoms with Gasteiger partial charge in [-0.1, -0.05) is 12.8 Å². The average molecular weight is 237 g/mol. The highest BCUT2D eigenvalue weighted by Crippen LogP contribution is 2.33. The van der Waals surface area contributed by atoms with Crippen molar-refractivity contribution in [1.82, 2.24) is 9.80 Å². The van der Waals surface area contributed by atoms with Crippen LogP contribution in [0.2, 0.25) is 0 Å². The van der Waals surface area contributed by atoms with E-state index in [4.69, 9.17) is 5.73 Å². The first-order chi connectivity index (χ1) is 8.23. The third-order valence-electron chi connectivity index (χ3n) is 4.89. The van der Waals surface area contributed by atoms with Crippen LogP contribution in [0.25, 0.3) is 0 Å². The normalized spacial score (nSPS) is 30.9. The first kappa shape index (κ1) is 11.9. The zero-order valence-electron chi connectivity index (χ0n) is 11.0. The Morgan fingerprint density at radius 2 is 1.53 bits per heavy atom. The number of nitrogens with two attached hydrogens (primary N) is 1. The fourth-order valence-corrected chi connectivity index (χ4v) is 3.45. The van der Waals surface area contributed by atoms with E-state index < -0.39 is 0 Å². The highest BCUT2D eigenvalue weighted by atomic mass is 15.3. The maximum absolute atomic E-state index is 6.19. The lowest BCUT2D eigenvalue weighted by atomic mass is 10.1. The molecule has 17 heavy (non-hydrogen) atoms. The number of nitrogens with zero attached hydrogens (tertiary/aromatic N) is 2. The summed E-state index contributed by atoms with van der Waals surface area (Å²) < 4.78 is 0. The molecule has 1 saturated heterocycles. The number of hydrogen-bond donors (Lipinski definition) is 1. The van der Waals surface area contributed by atoms with Crippen LogP contribution in [0.5, 0.6) is 0 Å². The van der Waals surface area contributed by atoms with E-state index >= 15 is 0 Å². The lowest BCUT2D eigenvalue weighted by Crippen LogP contribution is -2.51. The van der Waals surface area contributed by atoms with E-state index in [2.05, 4.69) is 9.80 Å². The Hall–Kier alpha value is -0.120. The molecule has 2 N–H and O–H groups in total. The van der Waals surface area contributed by atoms with E-state index in [1.54, 1.807) is 0 Å². The Morgan fingerprint density at radius 1 is 0.941 bits per heavy atom. The van der Waals surface area contributed by atoms with Crippen molar-refractivity contribution < 1.29 is 0 Å². The van der Waals surface area contributed by atoms with Gasteiger partial charge in [0.15, 0.2) is 0 Å². The van der Waals surface area contributed by atoms with E-state index in [0.29, 0.717) is 0 Å². The highest BCUT2D eigenvalue weighted by molar-refractivity contribution is 5.01. The largest absolute Gasteiger partial charge is 0.324 e. The summed E-state index contributed by atoms with van der Waals surface area (Å²) in [5.41, 5.74) is 6.39. The van der Waals surface area contributed by atoms with Crippen LogP contribution in [0, 0.1) is 5.92 Å². The number of piperazine rings is 1. The second-order valence-electron chi connectivity index (χ2n) is 6.59. The summed E-state index contributed by atoms with van der Waals surface area (Å²) in [5.74, 6) is 1.01. The molecule has 1 aliphatic heterocycles. The van der Waals surface area contributed by atoms with Gasteiger partial charge in [-0.2, -0.15) is 0 Å². The van der Waals surface area contributed by atoms with Gasteiger partial charge in [-0.25, -0.2) is 0 Å². The third kappa shape index (κ3) is 3.21.